The van der Waals surface area contributed by atoms with Crippen molar-refractivity contribution < 1.29 is 4.42 Å². The molecule has 1 aromatic heterocycles. The van der Waals surface area contributed by atoms with E-state index in [0.717, 1.165) is 23.4 Å². The summed E-state index contributed by atoms with van der Waals surface area (Å²) in [4.78, 5) is 4.40. The first-order valence-corrected chi connectivity index (χ1v) is 5.02. The smallest absolute Gasteiger partial charge is 0.192 e. The van der Waals surface area contributed by atoms with E-state index in [1.165, 1.54) is 5.56 Å². The van der Waals surface area contributed by atoms with Gasteiger partial charge in [-0.15, -0.1) is 0 Å². The van der Waals surface area contributed by atoms with Gasteiger partial charge < -0.3 is 4.42 Å². The van der Waals surface area contributed by atoms with Gasteiger partial charge in [-0.2, -0.15) is 0 Å². The van der Waals surface area contributed by atoms with Crippen LogP contribution in [-0.2, 0) is 6.42 Å². The number of hydrogen-bond acceptors (Lipinski definition) is 2. The molecular weight excluding hydrogens is 174 g/mol. The summed E-state index contributed by atoms with van der Waals surface area (Å²) in [5.41, 5.74) is 3.22. The van der Waals surface area contributed by atoms with E-state index in [-0.39, 0.29) is 0 Å². The Balaban J connectivity index is 2.53. The summed E-state index contributed by atoms with van der Waals surface area (Å²) in [7, 11) is 0. The van der Waals surface area contributed by atoms with Crippen molar-refractivity contribution in [3.8, 4) is 0 Å². The molecule has 0 aliphatic heterocycles. The van der Waals surface area contributed by atoms with Crippen LogP contribution >= 0.6 is 0 Å². The van der Waals surface area contributed by atoms with E-state index in [4.69, 9.17) is 4.42 Å². The molecule has 0 amide bonds. The summed E-state index contributed by atoms with van der Waals surface area (Å²) in [6.45, 7) is 6.32. The monoisotopic (exact) mass is 189 g/mol. The van der Waals surface area contributed by atoms with Crippen LogP contribution in [0.4, 0.5) is 0 Å². The second-order valence-electron chi connectivity index (χ2n) is 4.09. The molecule has 0 fully saturated rings. The molecule has 0 bridgehead atoms. The first-order chi connectivity index (χ1) is 6.66. The average Bonchev–Trinajstić information content (AvgIpc) is 2.45. The summed E-state index contributed by atoms with van der Waals surface area (Å²) >= 11 is 0. The Hall–Kier alpha value is -1.31. The third kappa shape index (κ3) is 1.65. The second kappa shape index (κ2) is 3.45. The van der Waals surface area contributed by atoms with E-state index in [1.807, 2.05) is 19.1 Å². The predicted octanol–water partition coefficient (Wildman–Crippen LogP) is 3.33. The van der Waals surface area contributed by atoms with Crippen molar-refractivity contribution in [2.45, 2.75) is 27.2 Å². The highest BCUT2D eigenvalue weighted by Crippen LogP contribution is 2.21. The van der Waals surface area contributed by atoms with Gasteiger partial charge in [0.05, 0.1) is 0 Å². The number of rotatable bonds is 2. The third-order valence-corrected chi connectivity index (χ3v) is 2.24. The van der Waals surface area contributed by atoms with Crippen LogP contribution < -0.4 is 0 Å². The quantitative estimate of drug-likeness (QED) is 0.724. The lowest BCUT2D eigenvalue weighted by molar-refractivity contribution is 0.561. The molecule has 0 aliphatic rings. The Morgan fingerprint density at radius 2 is 2.14 bits per heavy atom. The minimum atomic E-state index is 0.651. The number of aromatic nitrogens is 1. The zero-order valence-electron chi connectivity index (χ0n) is 8.87. The number of para-hydroxylation sites is 1. The summed E-state index contributed by atoms with van der Waals surface area (Å²) in [5.74, 6) is 1.40. The van der Waals surface area contributed by atoms with Gasteiger partial charge in [0.15, 0.2) is 11.5 Å². The molecule has 0 saturated heterocycles. The molecule has 1 heterocycles. The zero-order valence-corrected chi connectivity index (χ0v) is 8.87. The first-order valence-electron chi connectivity index (χ1n) is 5.02. The molecule has 0 radical (unpaired) electrons. The van der Waals surface area contributed by atoms with Gasteiger partial charge >= 0.3 is 0 Å². The van der Waals surface area contributed by atoms with Gasteiger partial charge in [0.2, 0.25) is 0 Å². The zero-order chi connectivity index (χ0) is 10.1. The van der Waals surface area contributed by atoms with Crippen molar-refractivity contribution in [2.75, 3.05) is 0 Å². The molecule has 74 valence electrons. The van der Waals surface area contributed by atoms with E-state index in [0.29, 0.717) is 5.92 Å². The molecule has 2 nitrogen and oxygen atoms in total. The Kier molecular flexibility index (Phi) is 2.28. The van der Waals surface area contributed by atoms with Gasteiger partial charge in [-0.05, 0) is 24.0 Å². The van der Waals surface area contributed by atoms with E-state index >= 15 is 0 Å². The maximum Gasteiger partial charge on any atom is 0.192 e. The van der Waals surface area contributed by atoms with E-state index in [9.17, 15) is 0 Å². The van der Waals surface area contributed by atoms with Gasteiger partial charge in [0.25, 0.3) is 0 Å². The molecule has 2 heteroatoms. The maximum absolute atomic E-state index is 5.48. The lowest BCUT2D eigenvalue weighted by Gasteiger charge is -2.04. The van der Waals surface area contributed by atoms with Gasteiger partial charge in [-0.3, -0.25) is 0 Å². The first kappa shape index (κ1) is 9.25. The summed E-state index contributed by atoms with van der Waals surface area (Å²) in [5, 5.41) is 0. The van der Waals surface area contributed by atoms with Crippen molar-refractivity contribution in [1.29, 1.82) is 0 Å². The SMILES string of the molecule is Cc1nc2c(CC(C)C)cccc2o1. The number of oxazole rings is 1. The van der Waals surface area contributed by atoms with Crippen LogP contribution in [0.3, 0.4) is 0 Å². The van der Waals surface area contributed by atoms with Gasteiger partial charge in [0.1, 0.15) is 5.52 Å². The highest BCUT2D eigenvalue weighted by Gasteiger charge is 2.07. The minimum Gasteiger partial charge on any atom is -0.441 e. The lowest BCUT2D eigenvalue weighted by atomic mass is 10.0. The average molecular weight is 189 g/mol. The van der Waals surface area contributed by atoms with Crippen molar-refractivity contribution in [1.82, 2.24) is 4.98 Å². The molecular formula is C12H15NO. The Morgan fingerprint density at radius 3 is 2.86 bits per heavy atom. The highest BCUT2D eigenvalue weighted by molar-refractivity contribution is 5.76. The van der Waals surface area contributed by atoms with Gasteiger partial charge in [0, 0.05) is 6.92 Å². The normalized spacial score (nSPS) is 11.4. The fourth-order valence-corrected chi connectivity index (χ4v) is 1.72. The standard InChI is InChI=1S/C12H15NO/c1-8(2)7-10-5-4-6-11-12(10)13-9(3)14-11/h4-6,8H,7H2,1-3H3. The number of benzene rings is 1. The maximum atomic E-state index is 5.48. The second-order valence-corrected chi connectivity index (χ2v) is 4.09. The molecule has 14 heavy (non-hydrogen) atoms. The molecule has 0 saturated carbocycles. The van der Waals surface area contributed by atoms with Crippen molar-refractivity contribution >= 4 is 11.1 Å². The van der Waals surface area contributed by atoms with Crippen molar-refractivity contribution in [2.24, 2.45) is 5.92 Å². The topological polar surface area (TPSA) is 26.0 Å². The Labute approximate surface area is 84.0 Å². The molecule has 2 aromatic rings. The fourth-order valence-electron chi connectivity index (χ4n) is 1.72. The fraction of sp³-hybridized carbons (Fsp3) is 0.417. The Bertz CT molecular complexity index is 443. The van der Waals surface area contributed by atoms with Crippen LogP contribution in [0.15, 0.2) is 22.6 Å². The predicted molar refractivity (Wildman–Crippen MR) is 57.3 cm³/mol. The van der Waals surface area contributed by atoms with Crippen molar-refractivity contribution in [3.63, 3.8) is 0 Å². The molecule has 1 aromatic carbocycles. The summed E-state index contributed by atoms with van der Waals surface area (Å²) in [6.07, 6.45) is 1.06. The van der Waals surface area contributed by atoms with Crippen LogP contribution in [-0.4, -0.2) is 4.98 Å². The lowest BCUT2D eigenvalue weighted by Crippen LogP contribution is -1.94. The number of hydrogen-bond donors (Lipinski definition) is 0. The number of aryl methyl sites for hydroxylation is 1. The van der Waals surface area contributed by atoms with Crippen LogP contribution in [0.1, 0.15) is 25.3 Å². The highest BCUT2D eigenvalue weighted by atomic mass is 16.3. The van der Waals surface area contributed by atoms with Gasteiger partial charge in [-0.1, -0.05) is 26.0 Å². The van der Waals surface area contributed by atoms with Crippen LogP contribution in [0.2, 0.25) is 0 Å². The van der Waals surface area contributed by atoms with Crippen molar-refractivity contribution in [3.05, 3.63) is 29.7 Å². The van der Waals surface area contributed by atoms with Crippen LogP contribution in [0.25, 0.3) is 11.1 Å². The summed E-state index contributed by atoms with van der Waals surface area (Å²) in [6, 6.07) is 6.13. The van der Waals surface area contributed by atoms with E-state index < -0.39 is 0 Å². The molecule has 0 unspecified atom stereocenters. The van der Waals surface area contributed by atoms with E-state index in [2.05, 4.69) is 24.9 Å². The van der Waals surface area contributed by atoms with Crippen LogP contribution in [0, 0.1) is 12.8 Å². The molecule has 0 spiro atoms. The Morgan fingerprint density at radius 1 is 1.36 bits per heavy atom. The number of nitrogens with zero attached hydrogens (tertiary/aromatic N) is 1. The molecule has 2 rings (SSSR count). The summed E-state index contributed by atoms with van der Waals surface area (Å²) < 4.78 is 5.48. The van der Waals surface area contributed by atoms with E-state index in [1.54, 1.807) is 0 Å². The molecule has 0 aliphatic carbocycles. The molecule has 0 atom stereocenters. The largest absolute Gasteiger partial charge is 0.441 e. The minimum absolute atomic E-state index is 0.651. The van der Waals surface area contributed by atoms with Gasteiger partial charge in [-0.25, -0.2) is 4.98 Å². The molecule has 0 N–H and O–H groups in total. The van der Waals surface area contributed by atoms with Crippen LogP contribution in [0.5, 0.6) is 0 Å². The number of fused-ring (bicyclic) bond motifs is 1. The third-order valence-electron chi connectivity index (χ3n) is 2.24.